The first-order valence-corrected chi connectivity index (χ1v) is 9.16. The highest BCUT2D eigenvalue weighted by Gasteiger charge is 2.22. The van der Waals surface area contributed by atoms with E-state index in [-0.39, 0.29) is 4.90 Å². The molecule has 25 heavy (non-hydrogen) atoms. The molecule has 0 aromatic heterocycles. The van der Waals surface area contributed by atoms with Gasteiger partial charge in [-0.15, -0.1) is 0 Å². The van der Waals surface area contributed by atoms with Crippen LogP contribution < -0.4 is 23.8 Å². The third-order valence-corrected chi connectivity index (χ3v) is 5.35. The molecule has 7 nitrogen and oxygen atoms in total. The van der Waals surface area contributed by atoms with E-state index in [0.29, 0.717) is 36.1 Å². The van der Waals surface area contributed by atoms with Gasteiger partial charge in [0.1, 0.15) is 23.9 Å². The second kappa shape index (κ2) is 6.72. The molecule has 8 heteroatoms. The number of fused-ring (bicyclic) bond motifs is 1. The number of hydrogen-bond donors (Lipinski definition) is 1. The van der Waals surface area contributed by atoms with Gasteiger partial charge < -0.3 is 19.1 Å². The Morgan fingerprint density at radius 1 is 1.12 bits per heavy atom. The molecule has 2 aromatic carbocycles. The highest BCUT2D eigenvalue weighted by atomic mass is 32.2. The van der Waals surface area contributed by atoms with Crippen molar-refractivity contribution in [2.75, 3.05) is 44.0 Å². The fraction of sp³-hybridized carbons (Fsp3) is 0.294. The van der Waals surface area contributed by atoms with E-state index in [9.17, 15) is 8.42 Å². The first kappa shape index (κ1) is 17.2. The summed E-state index contributed by atoms with van der Waals surface area (Å²) in [6.45, 7) is 1.28. The number of nitrogens with one attached hydrogen (secondary N) is 1. The zero-order chi connectivity index (χ0) is 18.0. The molecular formula is C17H20N2O5S. The minimum Gasteiger partial charge on any atom is -0.497 e. The predicted molar refractivity (Wildman–Crippen MR) is 95.6 cm³/mol. The fourth-order valence-electron chi connectivity index (χ4n) is 2.58. The number of benzene rings is 2. The lowest BCUT2D eigenvalue weighted by Gasteiger charge is -2.28. The smallest absolute Gasteiger partial charge is 0.262 e. The molecule has 0 amide bonds. The highest BCUT2D eigenvalue weighted by molar-refractivity contribution is 7.92. The van der Waals surface area contributed by atoms with Crippen LogP contribution in [0.25, 0.3) is 0 Å². The van der Waals surface area contributed by atoms with Gasteiger partial charge in [-0.05, 0) is 30.3 Å². The lowest BCUT2D eigenvalue weighted by molar-refractivity contribution is 0.311. The lowest BCUT2D eigenvalue weighted by atomic mass is 10.2. The van der Waals surface area contributed by atoms with E-state index in [4.69, 9.17) is 14.2 Å². The lowest BCUT2D eigenvalue weighted by Crippen LogP contribution is -2.29. The van der Waals surface area contributed by atoms with E-state index >= 15 is 0 Å². The molecule has 2 aromatic rings. The van der Waals surface area contributed by atoms with Gasteiger partial charge in [0.15, 0.2) is 0 Å². The van der Waals surface area contributed by atoms with E-state index < -0.39 is 10.0 Å². The number of sulfonamides is 1. The second-order valence-electron chi connectivity index (χ2n) is 5.57. The molecule has 1 N–H and O–H groups in total. The van der Waals surface area contributed by atoms with E-state index in [0.717, 1.165) is 5.69 Å². The van der Waals surface area contributed by atoms with E-state index in [2.05, 4.69) is 4.72 Å². The van der Waals surface area contributed by atoms with Crippen LogP contribution in [0.3, 0.4) is 0 Å². The van der Waals surface area contributed by atoms with Crippen molar-refractivity contribution in [3.05, 3.63) is 36.4 Å². The maximum absolute atomic E-state index is 12.8. The summed E-state index contributed by atoms with van der Waals surface area (Å²) in [7, 11) is 1.13. The minimum absolute atomic E-state index is 0.154. The normalized spacial score (nSPS) is 13.6. The standard InChI is InChI=1S/C17H20N2O5S/c1-19-8-9-24-16-7-5-13(11-15(16)19)25(20,21)18-14-6-4-12(22-2)10-17(14)23-3/h4-7,10-11,18H,8-9H2,1-3H3. The quantitative estimate of drug-likeness (QED) is 0.877. The molecule has 1 heterocycles. The summed E-state index contributed by atoms with van der Waals surface area (Å²) in [6.07, 6.45) is 0. The van der Waals surface area contributed by atoms with Crippen LogP contribution in [0.4, 0.5) is 11.4 Å². The van der Waals surface area contributed by atoms with Crippen LogP contribution in [-0.2, 0) is 10.0 Å². The van der Waals surface area contributed by atoms with Crippen LogP contribution in [0.5, 0.6) is 17.2 Å². The first-order valence-electron chi connectivity index (χ1n) is 7.67. The average molecular weight is 364 g/mol. The summed E-state index contributed by atoms with van der Waals surface area (Å²) in [5.74, 6) is 1.63. The van der Waals surface area contributed by atoms with Crippen LogP contribution in [0.15, 0.2) is 41.3 Å². The number of anilines is 2. The van der Waals surface area contributed by atoms with Gasteiger partial charge in [-0.2, -0.15) is 0 Å². The SMILES string of the molecule is COc1ccc(NS(=O)(=O)c2ccc3c(c2)N(C)CCO3)c(OC)c1. The van der Waals surface area contributed by atoms with Gasteiger partial charge in [0, 0.05) is 13.1 Å². The monoisotopic (exact) mass is 364 g/mol. The van der Waals surface area contributed by atoms with Gasteiger partial charge in [0.05, 0.1) is 37.0 Å². The molecule has 0 saturated carbocycles. The number of hydrogen-bond acceptors (Lipinski definition) is 6. The van der Waals surface area contributed by atoms with Crippen molar-refractivity contribution in [1.29, 1.82) is 0 Å². The average Bonchev–Trinajstić information content (AvgIpc) is 2.62. The Hall–Kier alpha value is -2.61. The summed E-state index contributed by atoms with van der Waals surface area (Å²) in [4.78, 5) is 2.12. The molecule has 3 rings (SSSR count). The molecular weight excluding hydrogens is 344 g/mol. The molecule has 0 saturated heterocycles. The molecule has 0 bridgehead atoms. The minimum atomic E-state index is -3.78. The Labute approximate surface area is 147 Å². The maximum atomic E-state index is 12.8. The summed E-state index contributed by atoms with van der Waals surface area (Å²) >= 11 is 0. The van der Waals surface area contributed by atoms with Crippen molar-refractivity contribution < 1.29 is 22.6 Å². The Balaban J connectivity index is 1.94. The van der Waals surface area contributed by atoms with E-state index in [1.807, 2.05) is 11.9 Å². The van der Waals surface area contributed by atoms with Crippen LogP contribution in [0.1, 0.15) is 0 Å². The molecule has 0 radical (unpaired) electrons. The summed E-state index contributed by atoms with van der Waals surface area (Å²) in [6, 6.07) is 9.68. The second-order valence-corrected chi connectivity index (χ2v) is 7.25. The molecule has 0 atom stereocenters. The van der Waals surface area contributed by atoms with Gasteiger partial charge >= 0.3 is 0 Å². The molecule has 134 valence electrons. The van der Waals surface area contributed by atoms with E-state index in [1.54, 1.807) is 30.3 Å². The van der Waals surface area contributed by atoms with Gasteiger partial charge in [-0.25, -0.2) is 8.42 Å². The Kier molecular flexibility index (Phi) is 4.63. The van der Waals surface area contributed by atoms with E-state index in [1.165, 1.54) is 20.3 Å². The zero-order valence-electron chi connectivity index (χ0n) is 14.3. The number of methoxy groups -OCH3 is 2. The summed E-state index contributed by atoms with van der Waals surface area (Å²) < 4.78 is 44.0. The molecule has 0 spiro atoms. The third kappa shape index (κ3) is 3.43. The Bertz CT molecular complexity index is 883. The number of likely N-dealkylation sites (N-methyl/N-ethyl adjacent to an activating group) is 1. The fourth-order valence-corrected chi connectivity index (χ4v) is 3.67. The third-order valence-electron chi connectivity index (χ3n) is 3.99. The van der Waals surface area contributed by atoms with Gasteiger partial charge in [0.2, 0.25) is 0 Å². The van der Waals surface area contributed by atoms with Crippen molar-refractivity contribution in [3.8, 4) is 17.2 Å². The van der Waals surface area contributed by atoms with Crippen molar-refractivity contribution >= 4 is 21.4 Å². The van der Waals surface area contributed by atoms with Crippen LogP contribution in [0, 0.1) is 0 Å². The van der Waals surface area contributed by atoms with Crippen molar-refractivity contribution in [2.45, 2.75) is 4.90 Å². The van der Waals surface area contributed by atoms with Crippen molar-refractivity contribution in [1.82, 2.24) is 0 Å². The number of rotatable bonds is 5. The largest absolute Gasteiger partial charge is 0.497 e. The molecule has 1 aliphatic heterocycles. The van der Waals surface area contributed by atoms with Crippen molar-refractivity contribution in [3.63, 3.8) is 0 Å². The Morgan fingerprint density at radius 2 is 1.92 bits per heavy atom. The molecule has 1 aliphatic rings. The Morgan fingerprint density at radius 3 is 2.64 bits per heavy atom. The summed E-state index contributed by atoms with van der Waals surface area (Å²) in [5, 5.41) is 0. The summed E-state index contributed by atoms with van der Waals surface area (Å²) in [5.41, 5.74) is 1.08. The molecule has 0 unspecified atom stereocenters. The number of nitrogens with zero attached hydrogens (tertiary/aromatic N) is 1. The number of ether oxygens (including phenoxy) is 3. The van der Waals surface area contributed by atoms with Crippen LogP contribution in [0.2, 0.25) is 0 Å². The molecule has 0 aliphatic carbocycles. The van der Waals surface area contributed by atoms with Gasteiger partial charge in [0.25, 0.3) is 10.0 Å². The maximum Gasteiger partial charge on any atom is 0.262 e. The van der Waals surface area contributed by atoms with Crippen LogP contribution in [-0.4, -0.2) is 42.8 Å². The van der Waals surface area contributed by atoms with Gasteiger partial charge in [-0.3, -0.25) is 4.72 Å². The first-order chi connectivity index (χ1) is 11.9. The highest BCUT2D eigenvalue weighted by Crippen LogP contribution is 2.35. The predicted octanol–water partition coefficient (Wildman–Crippen LogP) is 2.33. The van der Waals surface area contributed by atoms with Crippen molar-refractivity contribution in [2.24, 2.45) is 0 Å². The van der Waals surface area contributed by atoms with Crippen LogP contribution >= 0.6 is 0 Å². The molecule has 0 fully saturated rings. The van der Waals surface area contributed by atoms with Gasteiger partial charge in [-0.1, -0.05) is 0 Å². The topological polar surface area (TPSA) is 77.1 Å². The zero-order valence-corrected chi connectivity index (χ0v) is 15.1.